The largest absolute Gasteiger partial charge is 0.465 e. The van der Waals surface area contributed by atoms with Crippen LogP contribution in [0.3, 0.4) is 0 Å². The lowest BCUT2D eigenvalue weighted by Gasteiger charge is -2.12. The van der Waals surface area contributed by atoms with Crippen LogP contribution in [0.1, 0.15) is 65.2 Å². The topological polar surface area (TPSA) is 110 Å². The Hall–Kier alpha value is -1.17. The van der Waals surface area contributed by atoms with Crippen LogP contribution in [0.25, 0.3) is 0 Å². The summed E-state index contributed by atoms with van der Waals surface area (Å²) in [5, 5.41) is 0. The van der Waals surface area contributed by atoms with Gasteiger partial charge in [0.2, 0.25) is 0 Å². The molecule has 0 saturated carbocycles. The van der Waals surface area contributed by atoms with Crippen LogP contribution < -0.4 is 0 Å². The van der Waals surface area contributed by atoms with Gasteiger partial charge in [0.05, 0.1) is 13.2 Å². The van der Waals surface area contributed by atoms with E-state index in [9.17, 15) is 14.2 Å². The van der Waals surface area contributed by atoms with E-state index in [-0.39, 0.29) is 12.6 Å². The number of ether oxygens (including phenoxy) is 2. The molecule has 1 unspecified atom stereocenters. The zero-order valence-corrected chi connectivity index (χ0v) is 16.1. The van der Waals surface area contributed by atoms with Crippen molar-refractivity contribution in [1.29, 1.82) is 0 Å². The van der Waals surface area contributed by atoms with Gasteiger partial charge in [-0.2, -0.15) is 0 Å². The molecule has 0 aliphatic rings. The van der Waals surface area contributed by atoms with Crippen LogP contribution in [0.4, 0.5) is 0 Å². The minimum absolute atomic E-state index is 0.192. The molecule has 0 bridgehead atoms. The molecule has 0 saturated heterocycles. The van der Waals surface area contributed by atoms with Crippen molar-refractivity contribution in [3.63, 3.8) is 0 Å². The number of carbonyl (C=O) groups excluding carboxylic acids is 2. The number of rotatable bonds is 14. The Kier molecular flexibility index (Phi) is 12.5. The van der Waals surface area contributed by atoms with Gasteiger partial charge in [0, 0.05) is 5.57 Å². The Labute approximate surface area is 149 Å². The fraction of sp³-hybridized carbons (Fsp3) is 0.765. The molecule has 0 fully saturated rings. The first-order valence-corrected chi connectivity index (χ1v) is 10.4. The molecule has 0 radical (unpaired) electrons. The average Bonchev–Trinajstić information content (AvgIpc) is 2.53. The van der Waals surface area contributed by atoms with Gasteiger partial charge in [-0.25, -0.2) is 4.79 Å². The molecule has 0 rings (SSSR count). The highest BCUT2D eigenvalue weighted by molar-refractivity contribution is 7.53. The van der Waals surface area contributed by atoms with Crippen LogP contribution in [0.15, 0.2) is 12.2 Å². The third-order valence-electron chi connectivity index (χ3n) is 3.71. The van der Waals surface area contributed by atoms with Crippen molar-refractivity contribution in [2.24, 2.45) is 0 Å². The van der Waals surface area contributed by atoms with Gasteiger partial charge in [0.25, 0.3) is 0 Å². The summed E-state index contributed by atoms with van der Waals surface area (Å²) in [4.78, 5) is 40.3. The highest BCUT2D eigenvalue weighted by Gasteiger charge is 2.32. The minimum atomic E-state index is -4.41. The molecule has 25 heavy (non-hydrogen) atoms. The molecule has 1 atom stereocenters. The molecule has 0 aliphatic carbocycles. The van der Waals surface area contributed by atoms with Gasteiger partial charge in [0.15, 0.2) is 5.66 Å². The third-order valence-corrected chi connectivity index (χ3v) is 4.93. The number of unbranched alkanes of at least 4 members (excludes halogenated alkanes) is 7. The Balaban J connectivity index is 3.40. The quantitative estimate of drug-likeness (QED) is 0.206. The SMILES string of the molecule is C=C(C)C(=O)OCCCCCCCCCCOC(=O)C(C)P(=O)(O)O. The van der Waals surface area contributed by atoms with Gasteiger partial charge in [-0.1, -0.05) is 45.1 Å². The fourth-order valence-electron chi connectivity index (χ4n) is 1.98. The lowest BCUT2D eigenvalue weighted by molar-refractivity contribution is -0.143. The predicted octanol–water partition coefficient (Wildman–Crippen LogP) is 3.34. The lowest BCUT2D eigenvalue weighted by Crippen LogP contribution is -2.20. The van der Waals surface area contributed by atoms with E-state index < -0.39 is 19.2 Å². The van der Waals surface area contributed by atoms with E-state index in [4.69, 9.17) is 19.3 Å². The van der Waals surface area contributed by atoms with Crippen LogP contribution in [0.2, 0.25) is 0 Å². The summed E-state index contributed by atoms with van der Waals surface area (Å²) >= 11 is 0. The highest BCUT2D eigenvalue weighted by atomic mass is 31.2. The molecule has 8 heteroatoms. The van der Waals surface area contributed by atoms with E-state index in [1.54, 1.807) is 6.92 Å². The highest BCUT2D eigenvalue weighted by Crippen LogP contribution is 2.41. The molecule has 0 aromatic heterocycles. The van der Waals surface area contributed by atoms with E-state index >= 15 is 0 Å². The van der Waals surface area contributed by atoms with Crippen molar-refractivity contribution in [3.05, 3.63) is 12.2 Å². The van der Waals surface area contributed by atoms with Crippen LogP contribution in [0.5, 0.6) is 0 Å². The van der Waals surface area contributed by atoms with Gasteiger partial charge < -0.3 is 19.3 Å². The molecule has 0 aromatic carbocycles. The number of hydrogen-bond acceptors (Lipinski definition) is 5. The zero-order chi connectivity index (χ0) is 19.3. The normalized spacial score (nSPS) is 12.5. The smallest absolute Gasteiger partial charge is 0.339 e. The number of hydrogen-bond donors (Lipinski definition) is 2. The van der Waals surface area contributed by atoms with Crippen molar-refractivity contribution in [2.75, 3.05) is 13.2 Å². The van der Waals surface area contributed by atoms with Crippen LogP contribution in [-0.4, -0.2) is 40.6 Å². The summed E-state index contributed by atoms with van der Waals surface area (Å²) in [7, 11) is -4.41. The summed E-state index contributed by atoms with van der Waals surface area (Å²) in [6.45, 7) is 6.94. The van der Waals surface area contributed by atoms with E-state index in [1.165, 1.54) is 6.92 Å². The molecule has 146 valence electrons. The molecule has 0 spiro atoms. The molecule has 0 aliphatic heterocycles. The Morgan fingerprint density at radius 1 is 0.920 bits per heavy atom. The molecule has 0 amide bonds. The first kappa shape index (κ1) is 23.8. The summed E-state index contributed by atoms with van der Waals surface area (Å²) < 4.78 is 20.8. The van der Waals surface area contributed by atoms with Crippen molar-refractivity contribution in [3.8, 4) is 0 Å². The second-order valence-corrected chi connectivity index (χ2v) is 8.13. The summed E-state index contributed by atoms with van der Waals surface area (Å²) in [6, 6.07) is 0. The van der Waals surface area contributed by atoms with Gasteiger partial charge in [-0.3, -0.25) is 9.36 Å². The maximum atomic E-state index is 11.4. The van der Waals surface area contributed by atoms with Gasteiger partial charge >= 0.3 is 19.5 Å². The molecular weight excluding hydrogens is 347 g/mol. The summed E-state index contributed by atoms with van der Waals surface area (Å²) in [5.74, 6) is -1.18. The summed E-state index contributed by atoms with van der Waals surface area (Å²) in [6.07, 6.45) is 7.76. The van der Waals surface area contributed by atoms with Crippen LogP contribution in [0, 0.1) is 0 Å². The van der Waals surface area contributed by atoms with Crippen molar-refractivity contribution in [2.45, 2.75) is 70.9 Å². The second kappa shape index (κ2) is 13.1. The molecule has 0 heterocycles. The minimum Gasteiger partial charge on any atom is -0.465 e. The maximum absolute atomic E-state index is 11.4. The third kappa shape index (κ3) is 12.8. The average molecular weight is 378 g/mol. The van der Waals surface area contributed by atoms with E-state index in [2.05, 4.69) is 6.58 Å². The first-order chi connectivity index (χ1) is 11.7. The first-order valence-electron chi connectivity index (χ1n) is 8.70. The molecule has 0 aromatic rings. The zero-order valence-electron chi connectivity index (χ0n) is 15.2. The van der Waals surface area contributed by atoms with E-state index in [0.717, 1.165) is 44.9 Å². The van der Waals surface area contributed by atoms with Crippen molar-refractivity contribution in [1.82, 2.24) is 0 Å². The standard InChI is InChI=1S/C17H31O7P/c1-14(2)16(18)23-12-10-8-6-4-5-7-9-11-13-24-17(19)15(3)25(20,21)22/h15H,1,4-13H2,2-3H3,(H2,20,21,22). The number of carbonyl (C=O) groups is 2. The number of esters is 2. The maximum Gasteiger partial charge on any atom is 0.339 e. The van der Waals surface area contributed by atoms with Gasteiger partial charge in [-0.15, -0.1) is 0 Å². The predicted molar refractivity (Wildman–Crippen MR) is 95.2 cm³/mol. The van der Waals surface area contributed by atoms with Crippen molar-refractivity contribution < 1.29 is 33.4 Å². The molecule has 7 nitrogen and oxygen atoms in total. The second-order valence-electron chi connectivity index (χ2n) is 6.18. The fourth-order valence-corrected chi connectivity index (χ4v) is 2.33. The Bertz CT molecular complexity index is 470. The monoisotopic (exact) mass is 378 g/mol. The van der Waals surface area contributed by atoms with E-state index in [0.29, 0.717) is 18.6 Å². The molecular formula is C17H31O7P. The van der Waals surface area contributed by atoms with Crippen LogP contribution >= 0.6 is 7.60 Å². The molecule has 2 N–H and O–H groups in total. The Morgan fingerprint density at radius 3 is 1.72 bits per heavy atom. The van der Waals surface area contributed by atoms with Crippen LogP contribution in [-0.2, 0) is 23.6 Å². The van der Waals surface area contributed by atoms with E-state index in [1.807, 2.05) is 0 Å². The van der Waals surface area contributed by atoms with Gasteiger partial charge in [-0.05, 0) is 26.7 Å². The summed E-state index contributed by atoms with van der Waals surface area (Å²) in [5.41, 5.74) is -0.982. The lowest BCUT2D eigenvalue weighted by atomic mass is 10.1. The van der Waals surface area contributed by atoms with Crippen molar-refractivity contribution >= 4 is 19.5 Å². The Morgan fingerprint density at radius 2 is 1.32 bits per heavy atom. The van der Waals surface area contributed by atoms with Gasteiger partial charge in [0.1, 0.15) is 0 Å².